The van der Waals surface area contributed by atoms with Crippen molar-refractivity contribution in [3.63, 3.8) is 0 Å². The fourth-order valence-corrected chi connectivity index (χ4v) is 6.31. The molecule has 0 radical (unpaired) electrons. The second-order valence-corrected chi connectivity index (χ2v) is 11.5. The van der Waals surface area contributed by atoms with Crippen molar-refractivity contribution in [1.29, 1.82) is 0 Å². The van der Waals surface area contributed by atoms with Gasteiger partial charge in [0.2, 0.25) is 0 Å². The van der Waals surface area contributed by atoms with Gasteiger partial charge in [-0.05, 0) is 79.3 Å². The zero-order valence-corrected chi connectivity index (χ0v) is 21.7. The zero-order chi connectivity index (χ0) is 28.7. The van der Waals surface area contributed by atoms with Crippen LogP contribution in [0.3, 0.4) is 0 Å². The molecule has 2 saturated carbocycles. The number of likely N-dealkylation sites (tertiary alicyclic amines) is 1. The first-order chi connectivity index (χ1) is 19.5. The fraction of sp³-hybridized carbons (Fsp3) is 0.483. The fourth-order valence-electron chi connectivity index (χ4n) is 6.31. The number of benzene rings is 1. The number of aromatic nitrogens is 5. The summed E-state index contributed by atoms with van der Waals surface area (Å²) < 4.78 is 64.7. The van der Waals surface area contributed by atoms with Crippen LogP contribution in [0.15, 0.2) is 53.8 Å². The first kappa shape index (κ1) is 22.4. The van der Waals surface area contributed by atoms with Gasteiger partial charge in [0.05, 0.1) is 16.8 Å². The molecule has 7 nitrogen and oxygen atoms in total. The van der Waals surface area contributed by atoms with E-state index in [0.29, 0.717) is 24.7 Å². The molecule has 1 aliphatic heterocycles. The Morgan fingerprint density at radius 1 is 1.18 bits per heavy atom. The highest BCUT2D eigenvalue weighted by Gasteiger charge is 2.47. The molecular formula is C29H31F3N6O. The Balaban J connectivity index is 1.33. The third-order valence-electron chi connectivity index (χ3n) is 8.91. The first-order valence-corrected chi connectivity index (χ1v) is 13.5. The van der Waals surface area contributed by atoms with E-state index in [2.05, 4.69) is 10.2 Å². The second-order valence-electron chi connectivity index (χ2n) is 11.5. The third-order valence-corrected chi connectivity index (χ3v) is 8.91. The number of halogens is 3. The number of fused-ring (bicyclic) bond motifs is 1. The molecule has 0 amide bonds. The molecule has 2 aliphatic carbocycles. The largest absolute Gasteiger partial charge is 0.418 e. The van der Waals surface area contributed by atoms with Crippen molar-refractivity contribution >= 4 is 5.52 Å². The van der Waals surface area contributed by atoms with Crippen molar-refractivity contribution in [2.24, 2.45) is 18.4 Å². The maximum absolute atomic E-state index is 14.4. The second kappa shape index (κ2) is 8.81. The summed E-state index contributed by atoms with van der Waals surface area (Å²) in [5.74, 6) is 1.12. The molecule has 0 bridgehead atoms. The molecule has 1 aromatic carbocycles. The maximum atomic E-state index is 14.4. The quantitative estimate of drug-likeness (QED) is 0.341. The maximum Gasteiger partial charge on any atom is 0.418 e. The summed E-state index contributed by atoms with van der Waals surface area (Å²) >= 11 is 0. The normalized spacial score (nSPS) is 21.2. The number of rotatable bonds is 6. The molecule has 0 unspecified atom stereocenters. The standard InChI is InChI=1S/C29H31F3N6O/c1-35-18-33-34-26(35)25(20-4-2-5-20)21-6-3-7-22(13-21)37-16-24-23(29(30,31)32)12-19(15-38(24)27(37)39)14-36-11-10-28(17-36)8-9-28/h3,6-7,12-13,15-16,18,20,25H,2,4-5,8-11,14,17H2,1H3/t25-/m1/s1/i14D2. The van der Waals surface area contributed by atoms with Crippen LogP contribution in [0.5, 0.6) is 0 Å². The van der Waals surface area contributed by atoms with E-state index in [1.54, 1.807) is 23.4 Å². The van der Waals surface area contributed by atoms with Gasteiger partial charge in [-0.1, -0.05) is 18.6 Å². The van der Waals surface area contributed by atoms with Gasteiger partial charge in [-0.25, -0.2) is 4.79 Å². The molecule has 39 heavy (non-hydrogen) atoms. The van der Waals surface area contributed by atoms with E-state index in [1.165, 1.54) is 17.0 Å². The average molecular weight is 539 g/mol. The van der Waals surface area contributed by atoms with Gasteiger partial charge in [-0.3, -0.25) is 13.9 Å². The number of alkyl halides is 3. The summed E-state index contributed by atoms with van der Waals surface area (Å²) in [5, 5.41) is 8.39. The van der Waals surface area contributed by atoms with Crippen molar-refractivity contribution < 1.29 is 15.9 Å². The van der Waals surface area contributed by atoms with E-state index in [0.717, 1.165) is 60.4 Å². The lowest BCUT2D eigenvalue weighted by Gasteiger charge is -2.33. The lowest BCUT2D eigenvalue weighted by atomic mass is 9.72. The van der Waals surface area contributed by atoms with Gasteiger partial charge in [0, 0.05) is 41.1 Å². The Hall–Kier alpha value is -3.40. The predicted molar refractivity (Wildman–Crippen MR) is 140 cm³/mol. The highest BCUT2D eigenvalue weighted by atomic mass is 19.4. The molecule has 3 fully saturated rings. The Morgan fingerprint density at radius 3 is 2.64 bits per heavy atom. The van der Waals surface area contributed by atoms with E-state index in [4.69, 9.17) is 2.74 Å². The molecule has 4 heterocycles. The SMILES string of the molecule is [2H]C([2H])(c1cc(C(F)(F)F)c2cn(-c3cccc([C@H](c4nncn4C)C4CCC4)c3)c(=O)n2c1)N1CCC2(CC2)C1. The minimum absolute atomic E-state index is 0.0521. The van der Waals surface area contributed by atoms with Gasteiger partial charge in [-0.2, -0.15) is 13.2 Å². The van der Waals surface area contributed by atoms with Crippen LogP contribution in [0.25, 0.3) is 11.2 Å². The Bertz CT molecular complexity index is 1700. The molecule has 1 atom stereocenters. The summed E-state index contributed by atoms with van der Waals surface area (Å²) in [5.41, 5.74) is -0.737. The number of hydrogen-bond donors (Lipinski definition) is 0. The van der Waals surface area contributed by atoms with E-state index in [1.807, 2.05) is 23.7 Å². The van der Waals surface area contributed by atoms with E-state index in [9.17, 15) is 18.0 Å². The van der Waals surface area contributed by atoms with Crippen LogP contribution < -0.4 is 5.69 Å². The highest BCUT2D eigenvalue weighted by molar-refractivity contribution is 5.58. The lowest BCUT2D eigenvalue weighted by Crippen LogP contribution is -2.24. The van der Waals surface area contributed by atoms with Crippen LogP contribution in [0.2, 0.25) is 0 Å². The predicted octanol–water partition coefficient (Wildman–Crippen LogP) is 5.16. The van der Waals surface area contributed by atoms with E-state index >= 15 is 0 Å². The number of imidazole rings is 1. The highest BCUT2D eigenvalue weighted by Crippen LogP contribution is 2.53. The van der Waals surface area contributed by atoms with E-state index < -0.39 is 23.9 Å². The van der Waals surface area contributed by atoms with Crippen LogP contribution >= 0.6 is 0 Å². The molecule has 1 saturated heterocycles. The zero-order valence-electron chi connectivity index (χ0n) is 23.7. The van der Waals surface area contributed by atoms with Gasteiger partial charge in [0.25, 0.3) is 0 Å². The van der Waals surface area contributed by atoms with Gasteiger partial charge in [0.1, 0.15) is 12.2 Å². The molecule has 4 aromatic rings. The summed E-state index contributed by atoms with van der Waals surface area (Å²) in [7, 11) is 1.89. The van der Waals surface area contributed by atoms with Gasteiger partial charge < -0.3 is 4.57 Å². The Morgan fingerprint density at radius 2 is 2.00 bits per heavy atom. The van der Waals surface area contributed by atoms with Crippen molar-refractivity contribution in [1.82, 2.24) is 28.6 Å². The van der Waals surface area contributed by atoms with Crippen LogP contribution in [-0.2, 0) is 19.7 Å². The molecular weight excluding hydrogens is 505 g/mol. The minimum atomic E-state index is -4.78. The van der Waals surface area contributed by atoms with Crippen LogP contribution in [0.4, 0.5) is 13.2 Å². The average Bonchev–Trinajstić information content (AvgIpc) is 3.18. The summed E-state index contributed by atoms with van der Waals surface area (Å²) in [4.78, 5) is 15.3. The van der Waals surface area contributed by atoms with Gasteiger partial charge >= 0.3 is 11.9 Å². The molecule has 0 N–H and O–H groups in total. The summed E-state index contributed by atoms with van der Waals surface area (Å²) in [6.07, 6.45) is 5.39. The minimum Gasteiger partial charge on any atom is -0.320 e. The van der Waals surface area contributed by atoms with Crippen molar-refractivity contribution in [3.05, 3.63) is 82.1 Å². The number of pyridine rings is 1. The first-order valence-electron chi connectivity index (χ1n) is 14.5. The van der Waals surface area contributed by atoms with Crippen LogP contribution in [-0.4, -0.2) is 41.7 Å². The monoisotopic (exact) mass is 538 g/mol. The third kappa shape index (κ3) is 4.29. The van der Waals surface area contributed by atoms with Crippen molar-refractivity contribution in [3.8, 4) is 5.69 Å². The number of nitrogens with zero attached hydrogens (tertiary/aromatic N) is 6. The molecule has 7 rings (SSSR count). The van der Waals surface area contributed by atoms with Crippen molar-refractivity contribution in [2.75, 3.05) is 13.1 Å². The summed E-state index contributed by atoms with van der Waals surface area (Å²) in [6.45, 7) is -1.16. The molecule has 3 aromatic heterocycles. The van der Waals surface area contributed by atoms with Crippen LogP contribution in [0, 0.1) is 11.3 Å². The van der Waals surface area contributed by atoms with Gasteiger partial charge in [-0.15, -0.1) is 10.2 Å². The molecule has 1 spiro atoms. The Labute approximate surface area is 226 Å². The number of aryl methyl sites for hydroxylation is 1. The number of hydrogen-bond acceptors (Lipinski definition) is 4. The van der Waals surface area contributed by atoms with Gasteiger partial charge in [0.15, 0.2) is 0 Å². The molecule has 10 heteroatoms. The molecule has 204 valence electrons. The van der Waals surface area contributed by atoms with E-state index in [-0.39, 0.29) is 22.4 Å². The topological polar surface area (TPSA) is 60.4 Å². The summed E-state index contributed by atoms with van der Waals surface area (Å²) in [6, 6.07) is 8.17. The lowest BCUT2D eigenvalue weighted by molar-refractivity contribution is -0.136. The van der Waals surface area contributed by atoms with Crippen LogP contribution in [0.1, 0.15) is 69.7 Å². The smallest absolute Gasteiger partial charge is 0.320 e. The molecule has 3 aliphatic rings. The van der Waals surface area contributed by atoms with Crippen molar-refractivity contribution in [2.45, 2.75) is 57.1 Å². The Kier molecular flexibility index (Phi) is 5.06.